The van der Waals surface area contributed by atoms with E-state index in [0.29, 0.717) is 0 Å². The summed E-state index contributed by atoms with van der Waals surface area (Å²) in [5.41, 5.74) is 0. The zero-order valence-electron chi connectivity index (χ0n) is 10.2. The summed E-state index contributed by atoms with van der Waals surface area (Å²) in [5, 5.41) is 8.60. The van der Waals surface area contributed by atoms with Crippen LogP contribution in [0.5, 0.6) is 0 Å². The molecule has 0 radical (unpaired) electrons. The Balaban J connectivity index is -0.0000000675. The van der Waals surface area contributed by atoms with Crippen LogP contribution < -0.4 is 0 Å². The van der Waals surface area contributed by atoms with Crippen LogP contribution in [0.3, 0.4) is 0 Å². The predicted molar refractivity (Wildman–Crippen MR) is 48.9 cm³/mol. The van der Waals surface area contributed by atoms with Gasteiger partial charge in [0.1, 0.15) is 0 Å². The Kier molecular flexibility index (Phi) is 21.1. The van der Waals surface area contributed by atoms with Crippen molar-refractivity contribution in [3.8, 4) is 0 Å². The molecular weight excluding hydrogens is 378 g/mol. The molecule has 66 valence electrons. The quantitative estimate of drug-likeness (QED) is 0.724. The van der Waals surface area contributed by atoms with Gasteiger partial charge in [-0.1, -0.05) is 26.7 Å². The smallest absolute Gasteiger partial charge is 1.00 e. The molecule has 0 aromatic rings. The van der Waals surface area contributed by atoms with E-state index in [1.165, 1.54) is 0 Å². The predicted octanol–water partition coefficient (Wildman–Crippen LogP) is 2.13. The standard InChI is InChI=1S/C8H16O2.Ba.Cd.2H/c1-3-5-6-7(4-2)8(9)10;;;;/h7H,3-6H2,1-2H3,(H,9,10);;;;/q;+2;;2*-1. The molecule has 0 spiro atoms. The van der Waals surface area contributed by atoms with Gasteiger partial charge in [-0.2, -0.15) is 0 Å². The third-order valence-electron chi connectivity index (χ3n) is 1.75. The Morgan fingerprint density at radius 2 is 2.00 bits per heavy atom. The van der Waals surface area contributed by atoms with Crippen LogP contribution in [-0.2, 0) is 32.1 Å². The number of carbonyl (C=O) groups is 1. The van der Waals surface area contributed by atoms with Gasteiger partial charge in [0.2, 0.25) is 0 Å². The number of aliphatic carboxylic acids is 1. The molecule has 0 rings (SSSR count). The van der Waals surface area contributed by atoms with Crippen molar-refractivity contribution in [2.24, 2.45) is 5.92 Å². The van der Waals surface area contributed by atoms with Crippen molar-refractivity contribution in [1.29, 1.82) is 0 Å². The maximum Gasteiger partial charge on any atom is 2.00 e. The third-order valence-corrected chi connectivity index (χ3v) is 1.75. The van der Waals surface area contributed by atoms with E-state index in [2.05, 4.69) is 6.92 Å². The maximum atomic E-state index is 10.4. The van der Waals surface area contributed by atoms with Gasteiger partial charge in [-0.15, -0.1) is 0 Å². The summed E-state index contributed by atoms with van der Waals surface area (Å²) >= 11 is 0. The van der Waals surface area contributed by atoms with Crippen LogP contribution in [0.15, 0.2) is 0 Å². The minimum absolute atomic E-state index is 0. The number of carboxylic acid groups (broad SMARTS) is 1. The molecule has 0 bridgehead atoms. The Bertz CT molecular complexity index is 118. The second-order valence-electron chi connectivity index (χ2n) is 2.59. The average molecular weight is 396 g/mol. The van der Waals surface area contributed by atoms with Gasteiger partial charge in [-0.25, -0.2) is 0 Å². The van der Waals surface area contributed by atoms with Gasteiger partial charge in [-0.3, -0.25) is 4.79 Å². The zero-order chi connectivity index (χ0) is 7.98. The van der Waals surface area contributed by atoms with Crippen LogP contribution in [-0.4, -0.2) is 60.0 Å². The molecule has 1 N–H and O–H groups in total. The summed E-state index contributed by atoms with van der Waals surface area (Å²) in [5.74, 6) is -0.754. The SMILES string of the molecule is CCCCC(CC)C(=O)O.[Ba+2].[Cd].[H-].[H-]. The van der Waals surface area contributed by atoms with Crippen molar-refractivity contribution in [2.75, 3.05) is 0 Å². The van der Waals surface area contributed by atoms with Crippen molar-refractivity contribution < 1.29 is 40.1 Å². The number of unbranched alkanes of at least 4 members (excludes halogenated alkanes) is 1. The molecule has 0 aromatic heterocycles. The summed E-state index contributed by atoms with van der Waals surface area (Å²) in [6, 6.07) is 0. The molecule has 0 aromatic carbocycles. The molecular formula is C8H18BaCdO2. The van der Waals surface area contributed by atoms with Crippen LogP contribution >= 0.6 is 0 Å². The topological polar surface area (TPSA) is 37.3 Å². The van der Waals surface area contributed by atoms with Gasteiger partial charge in [0.05, 0.1) is 5.92 Å². The third kappa shape index (κ3) is 10.0. The molecule has 0 aliphatic rings. The Morgan fingerprint density at radius 1 is 1.50 bits per heavy atom. The van der Waals surface area contributed by atoms with E-state index in [4.69, 9.17) is 5.11 Å². The van der Waals surface area contributed by atoms with E-state index in [9.17, 15) is 4.79 Å². The van der Waals surface area contributed by atoms with Crippen LogP contribution in [0.1, 0.15) is 42.4 Å². The molecule has 0 aliphatic heterocycles. The fourth-order valence-corrected chi connectivity index (χ4v) is 0.953. The molecule has 0 fully saturated rings. The summed E-state index contributed by atoms with van der Waals surface area (Å²) in [4.78, 5) is 10.4. The largest absolute Gasteiger partial charge is 2.00 e. The van der Waals surface area contributed by atoms with E-state index in [-0.39, 0.29) is 85.0 Å². The summed E-state index contributed by atoms with van der Waals surface area (Å²) in [7, 11) is 0. The van der Waals surface area contributed by atoms with Gasteiger partial charge in [0.15, 0.2) is 0 Å². The first kappa shape index (κ1) is 19.5. The van der Waals surface area contributed by atoms with Crippen molar-refractivity contribution in [2.45, 2.75) is 39.5 Å². The Hall–Kier alpha value is 1.96. The van der Waals surface area contributed by atoms with E-state index >= 15 is 0 Å². The van der Waals surface area contributed by atoms with Crippen molar-refractivity contribution >= 4 is 54.9 Å². The molecule has 0 saturated carbocycles. The van der Waals surface area contributed by atoms with Crippen LogP contribution in [0.25, 0.3) is 0 Å². The maximum absolute atomic E-state index is 10.4. The van der Waals surface area contributed by atoms with Gasteiger partial charge in [0.25, 0.3) is 0 Å². The molecule has 0 saturated heterocycles. The van der Waals surface area contributed by atoms with Gasteiger partial charge < -0.3 is 7.96 Å². The molecule has 0 aliphatic carbocycles. The Morgan fingerprint density at radius 3 is 2.25 bits per heavy atom. The zero-order valence-corrected chi connectivity index (χ0v) is 16.7. The summed E-state index contributed by atoms with van der Waals surface area (Å²) in [6.45, 7) is 4.00. The number of carboxylic acids is 1. The first-order valence-corrected chi connectivity index (χ1v) is 3.95. The van der Waals surface area contributed by atoms with Crippen LogP contribution in [0.4, 0.5) is 0 Å². The van der Waals surface area contributed by atoms with E-state index in [1.54, 1.807) is 0 Å². The minimum Gasteiger partial charge on any atom is -1.00 e. The van der Waals surface area contributed by atoms with Crippen molar-refractivity contribution in [3.63, 3.8) is 0 Å². The fraction of sp³-hybridized carbons (Fsp3) is 0.875. The Labute approximate surface area is 138 Å². The number of rotatable bonds is 5. The van der Waals surface area contributed by atoms with Crippen LogP contribution in [0.2, 0.25) is 0 Å². The van der Waals surface area contributed by atoms with E-state index in [0.717, 1.165) is 25.7 Å². The normalized spacial score (nSPS) is 10.8. The first-order chi connectivity index (χ1) is 4.72. The molecule has 0 heterocycles. The molecule has 1 atom stereocenters. The fourth-order valence-electron chi connectivity index (χ4n) is 0.953. The number of hydrogen-bond donors (Lipinski definition) is 1. The van der Waals surface area contributed by atoms with Crippen molar-refractivity contribution in [3.05, 3.63) is 0 Å². The van der Waals surface area contributed by atoms with Gasteiger partial charge in [0, 0.05) is 27.3 Å². The molecule has 2 nitrogen and oxygen atoms in total. The molecule has 1 unspecified atom stereocenters. The molecule has 4 heteroatoms. The summed E-state index contributed by atoms with van der Waals surface area (Å²) in [6.07, 6.45) is 3.71. The van der Waals surface area contributed by atoms with Crippen molar-refractivity contribution in [1.82, 2.24) is 0 Å². The second kappa shape index (κ2) is 13.0. The second-order valence-corrected chi connectivity index (χ2v) is 2.59. The molecule has 0 amide bonds. The van der Waals surface area contributed by atoms with Crippen LogP contribution in [0, 0.1) is 5.92 Å². The van der Waals surface area contributed by atoms with E-state index in [1.807, 2.05) is 6.92 Å². The first-order valence-electron chi connectivity index (χ1n) is 3.95. The van der Waals surface area contributed by atoms with Gasteiger partial charge in [-0.05, 0) is 12.8 Å². The minimum atomic E-state index is -0.643. The number of hydrogen-bond acceptors (Lipinski definition) is 1. The summed E-state index contributed by atoms with van der Waals surface area (Å²) < 4.78 is 0. The average Bonchev–Trinajstić information content (AvgIpc) is 1.89. The van der Waals surface area contributed by atoms with E-state index < -0.39 is 5.97 Å². The van der Waals surface area contributed by atoms with Gasteiger partial charge >= 0.3 is 54.9 Å². The molecule has 12 heavy (non-hydrogen) atoms. The monoisotopic (exact) mass is 398 g/mol.